The summed E-state index contributed by atoms with van der Waals surface area (Å²) in [4.78, 5) is 0. The van der Waals surface area contributed by atoms with Crippen molar-refractivity contribution in [2.24, 2.45) is 0 Å². The number of hydrogen-bond donors (Lipinski definition) is 0. The molecule has 0 N–H and O–H groups in total. The molecule has 23 heavy (non-hydrogen) atoms. The summed E-state index contributed by atoms with van der Waals surface area (Å²) in [5.41, 5.74) is 2.59. The first-order chi connectivity index (χ1) is 10.6. The zero-order valence-corrected chi connectivity index (χ0v) is 17.1. The highest BCUT2D eigenvalue weighted by atomic mass is 32.2. The molecule has 2 aromatic rings. The molecule has 0 saturated carbocycles. The molecule has 0 unspecified atom stereocenters. The molecule has 0 saturated heterocycles. The number of rotatable bonds is 4. The molecule has 0 bridgehead atoms. The van der Waals surface area contributed by atoms with Crippen LogP contribution in [0.15, 0.2) is 22.2 Å². The average molecular weight is 353 g/mol. The van der Waals surface area contributed by atoms with Crippen molar-refractivity contribution in [2.45, 2.75) is 69.1 Å². The second-order valence-electron chi connectivity index (χ2n) is 7.78. The van der Waals surface area contributed by atoms with Crippen LogP contribution in [0.4, 0.5) is 0 Å². The van der Waals surface area contributed by atoms with Gasteiger partial charge in [-0.25, -0.2) is 9.36 Å². The molecule has 0 aliphatic rings. The summed E-state index contributed by atoms with van der Waals surface area (Å²) in [6, 6.07) is 4.39. The van der Waals surface area contributed by atoms with E-state index in [1.54, 1.807) is 23.5 Å². The Morgan fingerprint density at radius 2 is 1.13 bits per heavy atom. The molecule has 4 nitrogen and oxygen atoms in total. The van der Waals surface area contributed by atoms with Crippen molar-refractivity contribution in [2.75, 3.05) is 12.5 Å². The molecule has 0 spiro atoms. The van der Waals surface area contributed by atoms with Gasteiger partial charge in [-0.15, -0.1) is 23.5 Å². The summed E-state index contributed by atoms with van der Waals surface area (Å²) < 4.78 is 4.19. The van der Waals surface area contributed by atoms with Crippen LogP contribution in [-0.4, -0.2) is 32.1 Å². The van der Waals surface area contributed by atoms with Gasteiger partial charge in [-0.1, -0.05) is 41.5 Å². The molecular weight excluding hydrogens is 324 g/mol. The molecule has 128 valence electrons. The molecule has 0 atom stereocenters. The quantitative estimate of drug-likeness (QED) is 0.752. The highest BCUT2D eigenvalue weighted by molar-refractivity contribution is 7.98. The van der Waals surface area contributed by atoms with Crippen LogP contribution in [0.5, 0.6) is 0 Å². The lowest BCUT2D eigenvalue weighted by Gasteiger charge is -2.23. The fourth-order valence-corrected chi connectivity index (χ4v) is 3.36. The van der Waals surface area contributed by atoms with Crippen molar-refractivity contribution in [3.63, 3.8) is 0 Å². The van der Waals surface area contributed by atoms with E-state index in [4.69, 9.17) is 10.2 Å². The van der Waals surface area contributed by atoms with Crippen LogP contribution in [0.25, 0.3) is 0 Å². The smallest absolute Gasteiger partial charge is 0.133 e. The summed E-state index contributed by atoms with van der Waals surface area (Å²) in [5.74, 6) is 0. The summed E-state index contributed by atoms with van der Waals surface area (Å²) in [6.45, 7) is 14.0. The van der Waals surface area contributed by atoms with E-state index >= 15 is 0 Å². The summed E-state index contributed by atoms with van der Waals surface area (Å²) in [7, 11) is 0. The number of hydrogen-bond acceptors (Lipinski definition) is 4. The van der Waals surface area contributed by atoms with Gasteiger partial charge in [-0.2, -0.15) is 10.2 Å². The maximum Gasteiger partial charge on any atom is 0.133 e. The Balaban J connectivity index is 2.47. The Labute approximate surface area is 148 Å². The second kappa shape index (κ2) is 6.55. The molecule has 0 aromatic carbocycles. The third-order valence-corrected chi connectivity index (χ3v) is 4.97. The summed E-state index contributed by atoms with van der Waals surface area (Å²) >= 11 is 3.37. The standard InChI is InChI=1S/C17H28N4S2/c1-16(2,3)12-9-14(22-7)18-20(12)11-21-13(17(4,5)6)10-15(19-21)23-8/h9-10H,11H2,1-8H3. The van der Waals surface area contributed by atoms with Crippen molar-refractivity contribution in [3.8, 4) is 0 Å². The molecule has 0 radical (unpaired) electrons. The largest absolute Gasteiger partial charge is 0.246 e. The Bertz CT molecular complexity index is 614. The first kappa shape index (κ1) is 18.5. The monoisotopic (exact) mass is 352 g/mol. The third-order valence-electron chi connectivity index (χ3n) is 3.74. The lowest BCUT2D eigenvalue weighted by molar-refractivity contribution is 0.402. The molecule has 2 rings (SSSR count). The van der Waals surface area contributed by atoms with Gasteiger partial charge < -0.3 is 0 Å². The SMILES string of the molecule is CSc1cc(C(C)(C)C)n(Cn2nc(SC)cc2C(C)(C)C)n1. The van der Waals surface area contributed by atoms with E-state index in [1.807, 2.05) is 0 Å². The molecule has 0 fully saturated rings. The van der Waals surface area contributed by atoms with Crippen molar-refractivity contribution in [1.29, 1.82) is 0 Å². The fraction of sp³-hybridized carbons (Fsp3) is 0.647. The fourth-order valence-electron chi connectivity index (χ4n) is 2.54. The Morgan fingerprint density at radius 3 is 1.39 bits per heavy atom. The van der Waals surface area contributed by atoms with Gasteiger partial charge in [-0.05, 0) is 24.6 Å². The van der Waals surface area contributed by atoms with Crippen LogP contribution in [0.2, 0.25) is 0 Å². The first-order valence-electron chi connectivity index (χ1n) is 7.81. The van der Waals surface area contributed by atoms with Crippen LogP contribution < -0.4 is 0 Å². The minimum absolute atomic E-state index is 0.0539. The molecule has 0 amide bonds. The minimum atomic E-state index is 0.0539. The number of nitrogens with zero attached hydrogens (tertiary/aromatic N) is 4. The van der Waals surface area contributed by atoms with Crippen LogP contribution in [0, 0.1) is 0 Å². The maximum atomic E-state index is 4.76. The van der Waals surface area contributed by atoms with E-state index in [0.717, 1.165) is 10.1 Å². The molecule has 0 aliphatic heterocycles. The highest BCUT2D eigenvalue weighted by Gasteiger charge is 2.24. The van der Waals surface area contributed by atoms with Gasteiger partial charge in [0.05, 0.1) is 0 Å². The van der Waals surface area contributed by atoms with E-state index in [2.05, 4.69) is 75.6 Å². The van der Waals surface area contributed by atoms with Gasteiger partial charge in [0.25, 0.3) is 0 Å². The first-order valence-corrected chi connectivity index (χ1v) is 10.3. The van der Waals surface area contributed by atoms with Crippen molar-refractivity contribution in [1.82, 2.24) is 19.6 Å². The zero-order chi connectivity index (χ0) is 17.4. The van der Waals surface area contributed by atoms with E-state index in [0.29, 0.717) is 6.67 Å². The lowest BCUT2D eigenvalue weighted by Crippen LogP contribution is -2.25. The number of thioether (sulfide) groups is 2. The molecule has 6 heteroatoms. The van der Waals surface area contributed by atoms with Gasteiger partial charge in [-0.3, -0.25) is 0 Å². The normalized spacial score (nSPS) is 12.9. The topological polar surface area (TPSA) is 35.6 Å². The van der Waals surface area contributed by atoms with Gasteiger partial charge >= 0.3 is 0 Å². The van der Waals surface area contributed by atoms with E-state index in [-0.39, 0.29) is 10.8 Å². The summed E-state index contributed by atoms with van der Waals surface area (Å²) in [6.07, 6.45) is 4.14. The van der Waals surface area contributed by atoms with Crippen molar-refractivity contribution >= 4 is 23.5 Å². The predicted octanol–water partition coefficient (Wildman–Crippen LogP) is 4.62. The van der Waals surface area contributed by atoms with Crippen LogP contribution in [-0.2, 0) is 17.5 Å². The average Bonchev–Trinajstić information content (AvgIpc) is 3.01. The predicted molar refractivity (Wildman–Crippen MR) is 101 cm³/mol. The summed E-state index contributed by atoms with van der Waals surface area (Å²) in [5, 5.41) is 11.6. The van der Waals surface area contributed by atoms with E-state index < -0.39 is 0 Å². The Kier molecular flexibility index (Phi) is 5.26. The maximum absolute atomic E-state index is 4.76. The van der Waals surface area contributed by atoms with Crippen LogP contribution >= 0.6 is 23.5 Å². The number of aromatic nitrogens is 4. The third kappa shape index (κ3) is 4.15. The van der Waals surface area contributed by atoms with Crippen LogP contribution in [0.3, 0.4) is 0 Å². The van der Waals surface area contributed by atoms with Gasteiger partial charge in [0, 0.05) is 22.2 Å². The van der Waals surface area contributed by atoms with Crippen molar-refractivity contribution < 1.29 is 0 Å². The molecular formula is C17H28N4S2. The van der Waals surface area contributed by atoms with E-state index in [1.165, 1.54) is 11.4 Å². The Morgan fingerprint density at radius 1 is 0.783 bits per heavy atom. The van der Waals surface area contributed by atoms with Gasteiger partial charge in [0.15, 0.2) is 0 Å². The van der Waals surface area contributed by atoms with Gasteiger partial charge in [0.2, 0.25) is 0 Å². The van der Waals surface area contributed by atoms with Gasteiger partial charge in [0.1, 0.15) is 16.7 Å². The highest BCUT2D eigenvalue weighted by Crippen LogP contribution is 2.29. The lowest BCUT2D eigenvalue weighted by atomic mass is 9.92. The second-order valence-corrected chi connectivity index (χ2v) is 9.44. The molecule has 0 aliphatic carbocycles. The van der Waals surface area contributed by atoms with E-state index in [9.17, 15) is 0 Å². The zero-order valence-electron chi connectivity index (χ0n) is 15.5. The Hall–Kier alpha value is -0.880. The minimum Gasteiger partial charge on any atom is -0.246 e. The van der Waals surface area contributed by atoms with Crippen molar-refractivity contribution in [3.05, 3.63) is 23.5 Å². The molecule has 2 aromatic heterocycles. The van der Waals surface area contributed by atoms with Crippen LogP contribution in [0.1, 0.15) is 52.9 Å². The molecule has 2 heterocycles.